The zero-order valence-electron chi connectivity index (χ0n) is 12.3. The van der Waals surface area contributed by atoms with E-state index in [4.69, 9.17) is 5.73 Å². The Bertz CT molecular complexity index is 330. The summed E-state index contributed by atoms with van der Waals surface area (Å²) < 4.78 is 0. The number of carbonyl (C=O) groups excluding carboxylic acids is 1. The van der Waals surface area contributed by atoms with E-state index in [0.29, 0.717) is 5.92 Å². The number of amides is 1. The van der Waals surface area contributed by atoms with Crippen LogP contribution in [0.2, 0.25) is 0 Å². The van der Waals surface area contributed by atoms with Gasteiger partial charge in [-0.1, -0.05) is 6.42 Å². The van der Waals surface area contributed by atoms with Crippen LogP contribution >= 0.6 is 0 Å². The highest BCUT2D eigenvalue weighted by Crippen LogP contribution is 2.48. The topological polar surface area (TPSA) is 55.1 Å². The van der Waals surface area contributed by atoms with Crippen molar-refractivity contribution >= 4 is 5.91 Å². The first-order valence-corrected chi connectivity index (χ1v) is 7.29. The number of rotatable bonds is 4. The van der Waals surface area contributed by atoms with Gasteiger partial charge in [0.2, 0.25) is 5.91 Å². The van der Waals surface area contributed by atoms with Crippen LogP contribution in [-0.2, 0) is 4.79 Å². The first-order chi connectivity index (χ1) is 8.22. The summed E-state index contributed by atoms with van der Waals surface area (Å²) in [4.78, 5) is 12.3. The fourth-order valence-electron chi connectivity index (χ4n) is 3.36. The smallest absolute Gasteiger partial charge is 0.227 e. The van der Waals surface area contributed by atoms with Crippen molar-refractivity contribution in [1.82, 2.24) is 5.32 Å². The molecule has 2 fully saturated rings. The van der Waals surface area contributed by atoms with Gasteiger partial charge in [-0.3, -0.25) is 4.79 Å². The van der Waals surface area contributed by atoms with Gasteiger partial charge in [0.25, 0.3) is 0 Å². The van der Waals surface area contributed by atoms with E-state index < -0.39 is 11.0 Å². The van der Waals surface area contributed by atoms with Crippen LogP contribution in [-0.4, -0.2) is 18.0 Å². The Labute approximate surface area is 111 Å². The molecular weight excluding hydrogens is 224 g/mol. The van der Waals surface area contributed by atoms with Crippen molar-refractivity contribution in [3.8, 4) is 0 Å². The lowest BCUT2D eigenvalue weighted by Crippen LogP contribution is -2.56. The predicted octanol–water partition coefficient (Wildman–Crippen LogP) is 2.30. The SMILES string of the molecule is CC(C)(N)C(C)(C)C(=O)NCC1CC2CCC1C2. The van der Waals surface area contributed by atoms with Gasteiger partial charge >= 0.3 is 0 Å². The lowest BCUT2D eigenvalue weighted by molar-refractivity contribution is -0.132. The van der Waals surface area contributed by atoms with Crippen molar-refractivity contribution in [3.63, 3.8) is 0 Å². The minimum Gasteiger partial charge on any atom is -0.355 e. The number of hydrogen-bond acceptors (Lipinski definition) is 2. The minimum absolute atomic E-state index is 0.0952. The Morgan fingerprint density at radius 1 is 1.22 bits per heavy atom. The maximum atomic E-state index is 12.3. The highest BCUT2D eigenvalue weighted by molar-refractivity contribution is 5.83. The highest BCUT2D eigenvalue weighted by Gasteiger charge is 2.42. The van der Waals surface area contributed by atoms with Crippen molar-refractivity contribution in [2.24, 2.45) is 28.9 Å². The van der Waals surface area contributed by atoms with Gasteiger partial charge < -0.3 is 11.1 Å². The molecule has 2 saturated carbocycles. The minimum atomic E-state index is -0.523. The molecule has 3 heteroatoms. The zero-order chi connectivity index (χ0) is 13.6. The van der Waals surface area contributed by atoms with E-state index in [-0.39, 0.29) is 5.91 Å². The second kappa shape index (κ2) is 4.52. The van der Waals surface area contributed by atoms with Crippen molar-refractivity contribution in [2.75, 3.05) is 6.54 Å². The van der Waals surface area contributed by atoms with Crippen LogP contribution in [0.1, 0.15) is 53.4 Å². The zero-order valence-corrected chi connectivity index (χ0v) is 12.3. The summed E-state index contributed by atoms with van der Waals surface area (Å²) in [7, 11) is 0. The molecule has 18 heavy (non-hydrogen) atoms. The summed E-state index contributed by atoms with van der Waals surface area (Å²) in [6, 6.07) is 0. The third-order valence-corrected chi connectivity index (χ3v) is 5.59. The average molecular weight is 252 g/mol. The molecule has 0 aromatic rings. The molecule has 3 atom stereocenters. The van der Waals surface area contributed by atoms with E-state index in [1.165, 1.54) is 25.7 Å². The predicted molar refractivity (Wildman–Crippen MR) is 74.0 cm³/mol. The molecule has 2 aliphatic carbocycles. The quantitative estimate of drug-likeness (QED) is 0.806. The maximum Gasteiger partial charge on any atom is 0.227 e. The lowest BCUT2D eigenvalue weighted by Gasteiger charge is -2.37. The molecule has 0 heterocycles. The van der Waals surface area contributed by atoms with Gasteiger partial charge in [-0.25, -0.2) is 0 Å². The fourth-order valence-corrected chi connectivity index (χ4v) is 3.36. The van der Waals surface area contributed by atoms with E-state index in [0.717, 1.165) is 18.4 Å². The molecule has 3 N–H and O–H groups in total. The molecular formula is C15H28N2O. The Hall–Kier alpha value is -0.570. The van der Waals surface area contributed by atoms with Gasteiger partial charge in [-0.05, 0) is 64.7 Å². The van der Waals surface area contributed by atoms with Gasteiger partial charge in [-0.15, -0.1) is 0 Å². The lowest BCUT2D eigenvalue weighted by atomic mass is 9.74. The molecule has 2 bridgehead atoms. The van der Waals surface area contributed by atoms with Crippen LogP contribution < -0.4 is 11.1 Å². The molecule has 0 saturated heterocycles. The summed E-state index contributed by atoms with van der Waals surface area (Å²) in [5.74, 6) is 2.61. The third-order valence-electron chi connectivity index (χ3n) is 5.59. The number of hydrogen-bond donors (Lipinski definition) is 2. The van der Waals surface area contributed by atoms with E-state index in [2.05, 4.69) is 5.32 Å². The molecule has 2 aliphatic rings. The highest BCUT2D eigenvalue weighted by atomic mass is 16.2. The third kappa shape index (κ3) is 2.42. The summed E-state index contributed by atoms with van der Waals surface area (Å²) in [5.41, 5.74) is 5.08. The summed E-state index contributed by atoms with van der Waals surface area (Å²) >= 11 is 0. The Morgan fingerprint density at radius 3 is 2.33 bits per heavy atom. The van der Waals surface area contributed by atoms with Crippen molar-refractivity contribution in [1.29, 1.82) is 0 Å². The van der Waals surface area contributed by atoms with Gasteiger partial charge in [0.05, 0.1) is 5.41 Å². The molecule has 3 unspecified atom stereocenters. The number of carbonyl (C=O) groups is 1. The molecule has 0 spiro atoms. The van der Waals surface area contributed by atoms with Crippen LogP contribution in [0.25, 0.3) is 0 Å². The van der Waals surface area contributed by atoms with E-state index in [9.17, 15) is 4.79 Å². The van der Waals surface area contributed by atoms with Gasteiger partial charge in [0, 0.05) is 12.1 Å². The monoisotopic (exact) mass is 252 g/mol. The summed E-state index contributed by atoms with van der Waals surface area (Å²) in [5, 5.41) is 3.14. The van der Waals surface area contributed by atoms with Crippen molar-refractivity contribution in [2.45, 2.75) is 58.9 Å². The number of nitrogens with two attached hydrogens (primary N) is 1. The Morgan fingerprint density at radius 2 is 1.89 bits per heavy atom. The average Bonchev–Trinajstić information content (AvgIpc) is 2.85. The van der Waals surface area contributed by atoms with Crippen LogP contribution in [0.5, 0.6) is 0 Å². The molecule has 0 radical (unpaired) electrons. The van der Waals surface area contributed by atoms with Gasteiger partial charge in [0.1, 0.15) is 0 Å². The van der Waals surface area contributed by atoms with Crippen LogP contribution in [0, 0.1) is 23.2 Å². The Kier molecular flexibility index (Phi) is 3.48. The summed E-state index contributed by atoms with van der Waals surface area (Å²) in [6.45, 7) is 8.56. The largest absolute Gasteiger partial charge is 0.355 e. The molecule has 1 amide bonds. The second-order valence-corrected chi connectivity index (χ2v) is 7.49. The maximum absolute atomic E-state index is 12.3. The van der Waals surface area contributed by atoms with Crippen LogP contribution in [0.15, 0.2) is 0 Å². The normalized spacial score (nSPS) is 31.7. The first kappa shape index (κ1) is 13.9. The molecule has 104 valence electrons. The van der Waals surface area contributed by atoms with Crippen molar-refractivity contribution in [3.05, 3.63) is 0 Å². The van der Waals surface area contributed by atoms with E-state index in [1.54, 1.807) is 0 Å². The standard InChI is InChI=1S/C15H28N2O/c1-14(2,15(3,4)16)13(18)17-9-12-8-10-5-6-11(12)7-10/h10-12H,5-9,16H2,1-4H3,(H,17,18). The van der Waals surface area contributed by atoms with E-state index >= 15 is 0 Å². The molecule has 3 nitrogen and oxygen atoms in total. The molecule has 2 rings (SSSR count). The molecule has 0 aliphatic heterocycles. The summed E-state index contributed by atoms with van der Waals surface area (Å²) in [6.07, 6.45) is 5.50. The molecule has 0 aromatic carbocycles. The van der Waals surface area contributed by atoms with Crippen LogP contribution in [0.3, 0.4) is 0 Å². The van der Waals surface area contributed by atoms with Gasteiger partial charge in [0.15, 0.2) is 0 Å². The number of fused-ring (bicyclic) bond motifs is 2. The Balaban J connectivity index is 1.85. The van der Waals surface area contributed by atoms with Crippen LogP contribution in [0.4, 0.5) is 0 Å². The van der Waals surface area contributed by atoms with Gasteiger partial charge in [-0.2, -0.15) is 0 Å². The van der Waals surface area contributed by atoms with E-state index in [1.807, 2.05) is 27.7 Å². The van der Waals surface area contributed by atoms with Crippen molar-refractivity contribution < 1.29 is 4.79 Å². The number of nitrogens with one attached hydrogen (secondary N) is 1. The molecule has 0 aromatic heterocycles. The first-order valence-electron chi connectivity index (χ1n) is 7.29. The fraction of sp³-hybridized carbons (Fsp3) is 0.933. The second-order valence-electron chi connectivity index (χ2n) is 7.49.